The number of rotatable bonds is 4. The van der Waals surface area contributed by atoms with Crippen LogP contribution in [0, 0.1) is 0 Å². The van der Waals surface area contributed by atoms with Crippen LogP contribution in [-0.4, -0.2) is 59.4 Å². The lowest BCUT2D eigenvalue weighted by Gasteiger charge is -2.34. The van der Waals surface area contributed by atoms with Gasteiger partial charge in [0.05, 0.1) is 12.3 Å². The van der Waals surface area contributed by atoms with Crippen LogP contribution < -0.4 is 4.90 Å². The molecule has 0 saturated carbocycles. The number of aliphatic hydroxyl groups excluding tert-OH is 1. The van der Waals surface area contributed by atoms with Gasteiger partial charge in [0.25, 0.3) is 0 Å². The van der Waals surface area contributed by atoms with Gasteiger partial charge in [-0.1, -0.05) is 0 Å². The van der Waals surface area contributed by atoms with E-state index < -0.39 is 0 Å². The highest BCUT2D eigenvalue weighted by Crippen LogP contribution is 2.11. The van der Waals surface area contributed by atoms with Crippen molar-refractivity contribution in [2.24, 2.45) is 0 Å². The van der Waals surface area contributed by atoms with Crippen molar-refractivity contribution in [3.63, 3.8) is 0 Å². The molecule has 2 rings (SSSR count). The number of hydrogen-bond donors (Lipinski definition) is 1. The third-order valence-electron chi connectivity index (χ3n) is 2.92. The van der Waals surface area contributed by atoms with Crippen LogP contribution in [0.25, 0.3) is 0 Å². The molecule has 6 heteroatoms. The topological polar surface area (TPSA) is 52.5 Å². The lowest BCUT2D eigenvalue weighted by Crippen LogP contribution is -2.47. The zero-order valence-electron chi connectivity index (χ0n) is 9.72. The molecule has 94 valence electrons. The Morgan fingerprint density at radius 1 is 1.29 bits per heavy atom. The van der Waals surface area contributed by atoms with Crippen molar-refractivity contribution in [2.75, 3.05) is 44.3 Å². The molecule has 0 radical (unpaired) electrons. The van der Waals surface area contributed by atoms with Crippen LogP contribution >= 0.6 is 0 Å². The van der Waals surface area contributed by atoms with E-state index in [2.05, 4.69) is 19.8 Å². The summed E-state index contributed by atoms with van der Waals surface area (Å²) >= 11 is 0. The minimum absolute atomic E-state index is 0.0721. The second-order valence-electron chi connectivity index (χ2n) is 4.02. The molecule has 1 aromatic rings. The summed E-state index contributed by atoms with van der Waals surface area (Å²) in [4.78, 5) is 12.6. The van der Waals surface area contributed by atoms with Crippen LogP contribution in [0.4, 0.5) is 10.3 Å². The van der Waals surface area contributed by atoms with Crippen molar-refractivity contribution in [1.82, 2.24) is 14.9 Å². The van der Waals surface area contributed by atoms with Crippen molar-refractivity contribution in [1.29, 1.82) is 0 Å². The van der Waals surface area contributed by atoms with Gasteiger partial charge in [-0.15, -0.1) is 0 Å². The monoisotopic (exact) mass is 240 g/mol. The number of nitrogens with zero attached hydrogens (tertiary/aromatic N) is 4. The predicted molar refractivity (Wildman–Crippen MR) is 62.6 cm³/mol. The summed E-state index contributed by atoms with van der Waals surface area (Å²) in [5.41, 5.74) is 0.626. The Morgan fingerprint density at radius 2 is 2.06 bits per heavy atom. The Kier molecular flexibility index (Phi) is 4.22. The smallest absolute Gasteiger partial charge is 0.225 e. The van der Waals surface area contributed by atoms with E-state index in [0.717, 1.165) is 26.2 Å². The normalized spacial score (nSPS) is 17.4. The van der Waals surface area contributed by atoms with Gasteiger partial charge in [0.15, 0.2) is 0 Å². The Hall–Kier alpha value is -1.27. The number of alkyl halides is 1. The molecule has 1 N–H and O–H groups in total. The molecule has 2 heterocycles. The quantitative estimate of drug-likeness (QED) is 0.806. The Labute approximate surface area is 99.9 Å². The molecular formula is C11H17FN4O. The van der Waals surface area contributed by atoms with Crippen molar-refractivity contribution < 1.29 is 9.50 Å². The van der Waals surface area contributed by atoms with Crippen LogP contribution in [0.2, 0.25) is 0 Å². The van der Waals surface area contributed by atoms with Gasteiger partial charge in [0, 0.05) is 38.9 Å². The van der Waals surface area contributed by atoms with Crippen molar-refractivity contribution in [2.45, 2.75) is 6.61 Å². The maximum Gasteiger partial charge on any atom is 0.225 e. The lowest BCUT2D eigenvalue weighted by molar-refractivity contribution is 0.234. The van der Waals surface area contributed by atoms with E-state index in [4.69, 9.17) is 5.11 Å². The number of halogens is 1. The van der Waals surface area contributed by atoms with E-state index in [-0.39, 0.29) is 13.3 Å². The first kappa shape index (κ1) is 12.2. The molecule has 1 aliphatic rings. The fourth-order valence-electron chi connectivity index (χ4n) is 1.92. The minimum atomic E-state index is -0.295. The van der Waals surface area contributed by atoms with E-state index in [9.17, 15) is 4.39 Å². The van der Waals surface area contributed by atoms with Crippen molar-refractivity contribution in [3.8, 4) is 0 Å². The second kappa shape index (κ2) is 5.88. The molecule has 0 spiro atoms. The molecule has 1 aliphatic heterocycles. The van der Waals surface area contributed by atoms with Gasteiger partial charge >= 0.3 is 0 Å². The van der Waals surface area contributed by atoms with E-state index in [1.165, 1.54) is 0 Å². The average Bonchev–Trinajstić information content (AvgIpc) is 2.40. The highest BCUT2D eigenvalue weighted by Gasteiger charge is 2.18. The summed E-state index contributed by atoms with van der Waals surface area (Å²) in [6.07, 6.45) is 1.65. The van der Waals surface area contributed by atoms with Gasteiger partial charge in [-0.2, -0.15) is 0 Å². The molecule has 0 bridgehead atoms. The zero-order valence-corrected chi connectivity index (χ0v) is 9.72. The Bertz CT molecular complexity index is 355. The van der Waals surface area contributed by atoms with Crippen LogP contribution in [0.3, 0.4) is 0 Å². The van der Waals surface area contributed by atoms with Gasteiger partial charge in [0.1, 0.15) is 6.67 Å². The number of aliphatic hydroxyl groups is 1. The molecule has 1 fully saturated rings. The maximum absolute atomic E-state index is 12.2. The lowest BCUT2D eigenvalue weighted by atomic mass is 10.3. The Morgan fingerprint density at radius 3 is 2.71 bits per heavy atom. The highest BCUT2D eigenvalue weighted by atomic mass is 19.1. The SMILES string of the molecule is OCc1ccnc(N2CCN(CCF)CC2)n1. The van der Waals surface area contributed by atoms with E-state index >= 15 is 0 Å². The second-order valence-corrected chi connectivity index (χ2v) is 4.02. The van der Waals surface area contributed by atoms with Crippen molar-refractivity contribution >= 4 is 5.95 Å². The summed E-state index contributed by atoms with van der Waals surface area (Å²) in [6, 6.07) is 1.70. The van der Waals surface area contributed by atoms with Crippen LogP contribution in [0.1, 0.15) is 5.69 Å². The number of anilines is 1. The molecule has 0 aromatic carbocycles. The van der Waals surface area contributed by atoms with Crippen LogP contribution in [-0.2, 0) is 6.61 Å². The number of piperazine rings is 1. The van der Waals surface area contributed by atoms with Crippen LogP contribution in [0.15, 0.2) is 12.3 Å². The van der Waals surface area contributed by atoms with Gasteiger partial charge < -0.3 is 10.0 Å². The molecule has 1 aromatic heterocycles. The third-order valence-corrected chi connectivity index (χ3v) is 2.92. The Balaban J connectivity index is 1.95. The summed E-state index contributed by atoms with van der Waals surface area (Å²) in [6.45, 7) is 3.40. The van der Waals surface area contributed by atoms with Gasteiger partial charge in [-0.25, -0.2) is 14.4 Å². The molecule has 5 nitrogen and oxygen atoms in total. The summed E-state index contributed by atoms with van der Waals surface area (Å²) in [5.74, 6) is 0.649. The first-order chi connectivity index (χ1) is 8.33. The first-order valence-electron chi connectivity index (χ1n) is 5.79. The summed E-state index contributed by atoms with van der Waals surface area (Å²) in [7, 11) is 0. The molecular weight excluding hydrogens is 223 g/mol. The third kappa shape index (κ3) is 3.10. The van der Waals surface area contributed by atoms with Gasteiger partial charge in [-0.05, 0) is 6.07 Å². The largest absolute Gasteiger partial charge is 0.390 e. The molecule has 1 saturated heterocycles. The summed E-state index contributed by atoms with van der Waals surface area (Å²) < 4.78 is 12.2. The fraction of sp³-hybridized carbons (Fsp3) is 0.636. The highest BCUT2D eigenvalue weighted by molar-refractivity contribution is 5.30. The van der Waals surface area contributed by atoms with Gasteiger partial charge in [0.2, 0.25) is 5.95 Å². The average molecular weight is 240 g/mol. The fourth-order valence-corrected chi connectivity index (χ4v) is 1.92. The number of hydrogen-bond acceptors (Lipinski definition) is 5. The van der Waals surface area contributed by atoms with Crippen LogP contribution in [0.5, 0.6) is 0 Å². The molecule has 0 unspecified atom stereocenters. The maximum atomic E-state index is 12.2. The minimum Gasteiger partial charge on any atom is -0.390 e. The molecule has 0 aliphatic carbocycles. The summed E-state index contributed by atoms with van der Waals surface area (Å²) in [5, 5.41) is 9.01. The molecule has 0 amide bonds. The first-order valence-corrected chi connectivity index (χ1v) is 5.79. The van der Waals surface area contributed by atoms with Crippen molar-refractivity contribution in [3.05, 3.63) is 18.0 Å². The number of aromatic nitrogens is 2. The van der Waals surface area contributed by atoms with Gasteiger partial charge in [-0.3, -0.25) is 4.90 Å². The zero-order chi connectivity index (χ0) is 12.1. The van der Waals surface area contributed by atoms with E-state index in [1.54, 1.807) is 12.3 Å². The predicted octanol–water partition coefficient (Wildman–Crippen LogP) is 0.0604. The molecule has 0 atom stereocenters. The van der Waals surface area contributed by atoms with E-state index in [1.807, 2.05) is 0 Å². The van der Waals surface area contributed by atoms with E-state index in [0.29, 0.717) is 18.2 Å². The molecule has 17 heavy (non-hydrogen) atoms. The standard InChI is InChI=1S/C11H17FN4O/c12-2-4-15-5-7-16(8-6-15)11-13-3-1-10(9-17)14-11/h1,3,17H,2,4-9H2.